The van der Waals surface area contributed by atoms with E-state index in [1.54, 1.807) is 38.6 Å². The summed E-state index contributed by atoms with van der Waals surface area (Å²) in [5.41, 5.74) is 1.97. The molecule has 0 aliphatic heterocycles. The second-order valence-electron chi connectivity index (χ2n) is 6.29. The van der Waals surface area contributed by atoms with Crippen molar-refractivity contribution in [2.24, 2.45) is 5.10 Å². The van der Waals surface area contributed by atoms with Crippen LogP contribution in [0.4, 0.5) is 0 Å². The molecule has 6 heteroatoms. The molecule has 0 saturated heterocycles. The number of benzene rings is 3. The van der Waals surface area contributed by atoms with Crippen LogP contribution in [0.25, 0.3) is 22.3 Å². The Balaban J connectivity index is 1.87. The van der Waals surface area contributed by atoms with Gasteiger partial charge in [-0.05, 0) is 35.9 Å². The highest BCUT2D eigenvalue weighted by atomic mass is 16.5. The van der Waals surface area contributed by atoms with Crippen molar-refractivity contribution in [2.45, 2.75) is 0 Å². The maximum atomic E-state index is 13.1. The first kappa shape index (κ1) is 18.4. The standard InChI is InChI=1S/C23H19N3O3/c1-28-20-13-12-16(14-21(20)29-2)15-24-26-22(17-8-4-3-5-9-17)25-19-11-7-6-10-18(19)23(26)27/h3-15H,1-2H3/b24-15-. The van der Waals surface area contributed by atoms with E-state index in [4.69, 9.17) is 9.47 Å². The van der Waals surface area contributed by atoms with Crippen LogP contribution in [0.2, 0.25) is 0 Å². The second kappa shape index (κ2) is 7.98. The SMILES string of the molecule is COc1ccc(/C=N\n2c(-c3ccccc3)nc3ccccc3c2=O)cc1OC. The monoisotopic (exact) mass is 385 g/mol. The summed E-state index contributed by atoms with van der Waals surface area (Å²) in [6.45, 7) is 0. The number of ether oxygens (including phenoxy) is 2. The number of hydrogen-bond donors (Lipinski definition) is 0. The van der Waals surface area contributed by atoms with Crippen molar-refractivity contribution in [3.8, 4) is 22.9 Å². The van der Waals surface area contributed by atoms with Crippen LogP contribution < -0.4 is 15.0 Å². The molecule has 0 fully saturated rings. The Bertz CT molecular complexity index is 1250. The van der Waals surface area contributed by atoms with Gasteiger partial charge >= 0.3 is 0 Å². The van der Waals surface area contributed by atoms with Gasteiger partial charge in [-0.15, -0.1) is 0 Å². The molecule has 4 rings (SSSR count). The normalized spacial score (nSPS) is 11.1. The van der Waals surface area contributed by atoms with Gasteiger partial charge in [0.2, 0.25) is 0 Å². The van der Waals surface area contributed by atoms with Crippen LogP contribution in [-0.2, 0) is 0 Å². The maximum Gasteiger partial charge on any atom is 0.282 e. The molecule has 0 saturated carbocycles. The van der Waals surface area contributed by atoms with Crippen molar-refractivity contribution in [1.29, 1.82) is 0 Å². The molecule has 3 aromatic carbocycles. The van der Waals surface area contributed by atoms with Crippen molar-refractivity contribution in [3.05, 3.63) is 88.7 Å². The van der Waals surface area contributed by atoms with Gasteiger partial charge in [-0.25, -0.2) is 4.98 Å². The van der Waals surface area contributed by atoms with Crippen LogP contribution in [0.5, 0.6) is 11.5 Å². The summed E-state index contributed by atoms with van der Waals surface area (Å²) >= 11 is 0. The lowest BCUT2D eigenvalue weighted by Crippen LogP contribution is -2.20. The molecule has 0 N–H and O–H groups in total. The first-order valence-corrected chi connectivity index (χ1v) is 9.05. The molecule has 0 radical (unpaired) electrons. The van der Waals surface area contributed by atoms with Crippen LogP contribution in [0.1, 0.15) is 5.56 Å². The molecule has 1 aromatic heterocycles. The number of para-hydroxylation sites is 1. The molecule has 0 atom stereocenters. The van der Waals surface area contributed by atoms with Gasteiger partial charge in [0, 0.05) is 5.56 Å². The first-order valence-electron chi connectivity index (χ1n) is 9.05. The lowest BCUT2D eigenvalue weighted by Gasteiger charge is -2.10. The first-order chi connectivity index (χ1) is 14.2. The van der Waals surface area contributed by atoms with Crippen LogP contribution >= 0.6 is 0 Å². The third-order valence-corrected chi connectivity index (χ3v) is 4.52. The molecule has 144 valence electrons. The Morgan fingerprint density at radius 2 is 1.62 bits per heavy atom. The largest absolute Gasteiger partial charge is 0.493 e. The lowest BCUT2D eigenvalue weighted by atomic mass is 10.2. The van der Waals surface area contributed by atoms with E-state index in [2.05, 4.69) is 10.1 Å². The van der Waals surface area contributed by atoms with E-state index in [9.17, 15) is 4.79 Å². The summed E-state index contributed by atoms with van der Waals surface area (Å²) < 4.78 is 11.9. The molecule has 0 aliphatic rings. The van der Waals surface area contributed by atoms with E-state index in [0.717, 1.165) is 11.1 Å². The van der Waals surface area contributed by atoms with Gasteiger partial charge < -0.3 is 9.47 Å². The zero-order valence-electron chi connectivity index (χ0n) is 16.1. The molecule has 4 aromatic rings. The third kappa shape index (κ3) is 3.60. The summed E-state index contributed by atoms with van der Waals surface area (Å²) in [6, 6.07) is 22.2. The van der Waals surface area contributed by atoms with E-state index < -0.39 is 0 Å². The minimum Gasteiger partial charge on any atom is -0.493 e. The zero-order chi connectivity index (χ0) is 20.2. The number of methoxy groups -OCH3 is 2. The van der Waals surface area contributed by atoms with E-state index in [0.29, 0.717) is 28.2 Å². The molecule has 0 amide bonds. The smallest absolute Gasteiger partial charge is 0.282 e. The fourth-order valence-corrected chi connectivity index (χ4v) is 3.06. The predicted octanol–water partition coefficient (Wildman–Crippen LogP) is 3.96. The molecule has 0 spiro atoms. The van der Waals surface area contributed by atoms with Crippen LogP contribution in [0, 0.1) is 0 Å². The molecular formula is C23H19N3O3. The quantitative estimate of drug-likeness (QED) is 0.488. The van der Waals surface area contributed by atoms with Gasteiger partial charge in [0.1, 0.15) is 0 Å². The van der Waals surface area contributed by atoms with Gasteiger partial charge in [-0.2, -0.15) is 9.78 Å². The van der Waals surface area contributed by atoms with E-state index in [1.165, 1.54) is 4.68 Å². The average molecular weight is 385 g/mol. The average Bonchev–Trinajstić information content (AvgIpc) is 2.78. The van der Waals surface area contributed by atoms with E-state index in [-0.39, 0.29) is 5.56 Å². The van der Waals surface area contributed by atoms with Crippen molar-refractivity contribution in [1.82, 2.24) is 9.66 Å². The molecule has 0 unspecified atom stereocenters. The third-order valence-electron chi connectivity index (χ3n) is 4.52. The summed E-state index contributed by atoms with van der Waals surface area (Å²) in [5.74, 6) is 1.69. The lowest BCUT2D eigenvalue weighted by molar-refractivity contribution is 0.355. The molecule has 6 nitrogen and oxygen atoms in total. The Morgan fingerprint density at radius 1 is 0.897 bits per heavy atom. The van der Waals surface area contributed by atoms with Crippen molar-refractivity contribution < 1.29 is 9.47 Å². The molecule has 29 heavy (non-hydrogen) atoms. The Hall–Kier alpha value is -3.93. The molecule has 0 aliphatic carbocycles. The van der Waals surface area contributed by atoms with Gasteiger partial charge in [0.25, 0.3) is 5.56 Å². The second-order valence-corrected chi connectivity index (χ2v) is 6.29. The van der Waals surface area contributed by atoms with Gasteiger partial charge in [0.15, 0.2) is 17.3 Å². The number of rotatable bonds is 5. The van der Waals surface area contributed by atoms with E-state index >= 15 is 0 Å². The highest BCUT2D eigenvalue weighted by Gasteiger charge is 2.12. The maximum absolute atomic E-state index is 13.1. The van der Waals surface area contributed by atoms with Crippen LogP contribution in [0.3, 0.4) is 0 Å². The number of nitrogens with zero attached hydrogens (tertiary/aromatic N) is 3. The highest BCUT2D eigenvalue weighted by Crippen LogP contribution is 2.27. The number of hydrogen-bond acceptors (Lipinski definition) is 5. The summed E-state index contributed by atoms with van der Waals surface area (Å²) in [5, 5.41) is 4.96. The summed E-state index contributed by atoms with van der Waals surface area (Å²) in [4.78, 5) is 17.8. The topological polar surface area (TPSA) is 65.7 Å². The summed E-state index contributed by atoms with van der Waals surface area (Å²) in [7, 11) is 3.15. The zero-order valence-corrected chi connectivity index (χ0v) is 16.1. The Labute approximate surface area is 167 Å². The van der Waals surface area contributed by atoms with Crippen molar-refractivity contribution in [2.75, 3.05) is 14.2 Å². The fourth-order valence-electron chi connectivity index (χ4n) is 3.06. The fraction of sp³-hybridized carbons (Fsp3) is 0.0870. The van der Waals surface area contributed by atoms with Crippen LogP contribution in [-0.4, -0.2) is 30.1 Å². The number of aromatic nitrogens is 2. The summed E-state index contributed by atoms with van der Waals surface area (Å²) in [6.07, 6.45) is 1.60. The Kier molecular flexibility index (Phi) is 5.07. The van der Waals surface area contributed by atoms with Crippen LogP contribution in [0.15, 0.2) is 82.7 Å². The van der Waals surface area contributed by atoms with Gasteiger partial charge in [-0.3, -0.25) is 4.79 Å². The van der Waals surface area contributed by atoms with E-state index in [1.807, 2.05) is 54.6 Å². The Morgan fingerprint density at radius 3 is 2.38 bits per heavy atom. The highest BCUT2D eigenvalue weighted by molar-refractivity contribution is 5.82. The minimum absolute atomic E-state index is 0.230. The number of fused-ring (bicyclic) bond motifs is 1. The van der Waals surface area contributed by atoms with Crippen molar-refractivity contribution >= 4 is 17.1 Å². The molecular weight excluding hydrogens is 366 g/mol. The van der Waals surface area contributed by atoms with Gasteiger partial charge in [-0.1, -0.05) is 42.5 Å². The minimum atomic E-state index is -0.230. The molecule has 0 bridgehead atoms. The predicted molar refractivity (Wildman–Crippen MR) is 114 cm³/mol. The molecule has 1 heterocycles. The van der Waals surface area contributed by atoms with Crippen molar-refractivity contribution in [3.63, 3.8) is 0 Å². The van der Waals surface area contributed by atoms with Gasteiger partial charge in [0.05, 0.1) is 31.3 Å².